The van der Waals surface area contributed by atoms with Gasteiger partial charge in [-0.15, -0.1) is 0 Å². The van der Waals surface area contributed by atoms with E-state index in [2.05, 4.69) is 5.32 Å². The summed E-state index contributed by atoms with van der Waals surface area (Å²) in [5.74, 6) is -60.7. The number of carbonyl (C=O) groups excluding carboxylic acids is 2. The second-order valence-corrected chi connectivity index (χ2v) is 20.8. The molecule has 0 aromatic heterocycles. The number of hydroxylamine groups is 1. The van der Waals surface area contributed by atoms with E-state index in [0.29, 0.717) is 11.6 Å². The van der Waals surface area contributed by atoms with Crippen LogP contribution in [0.3, 0.4) is 0 Å². The van der Waals surface area contributed by atoms with Crippen LogP contribution in [0.2, 0.25) is 17.1 Å². The molecular weight excluding hydrogens is 993 g/mol. The topological polar surface area (TPSA) is 106 Å². The van der Waals surface area contributed by atoms with Gasteiger partial charge in [0.05, 0.1) is 12.3 Å². The van der Waals surface area contributed by atoms with E-state index in [1.165, 1.54) is 69.6 Å². The van der Waals surface area contributed by atoms with Crippen molar-refractivity contribution in [3.63, 3.8) is 0 Å². The zero-order valence-electron chi connectivity index (χ0n) is 36.1. The summed E-state index contributed by atoms with van der Waals surface area (Å²) in [7, 11) is -4.07. The van der Waals surface area contributed by atoms with Crippen LogP contribution in [0.15, 0.2) is 66.3 Å². The lowest BCUT2D eigenvalue weighted by Gasteiger charge is -2.44. The SMILES string of the molecule is C/C(=C\C=C\C(=O)NO)[C@H](C)[C@H](OC(=O)Nc1ccc(F)cc1F)c1ccc(OCCO[Si](CCC(F)(F)C(F)(F)C(F)(F)C(F)(F)C(F)(F)C(F)(F)C(F)(F)C(F)(F)F)(C(C)C)C(C)C)cc1. The molecule has 2 aromatic rings. The van der Waals surface area contributed by atoms with Crippen LogP contribution < -0.4 is 15.5 Å². The summed E-state index contributed by atoms with van der Waals surface area (Å²) in [4.78, 5) is 24.3. The maximum atomic E-state index is 15.0. The molecule has 0 aliphatic rings. The van der Waals surface area contributed by atoms with Gasteiger partial charge in [-0.2, -0.15) is 74.6 Å². The van der Waals surface area contributed by atoms with E-state index in [0.717, 1.165) is 18.2 Å². The van der Waals surface area contributed by atoms with Crippen molar-refractivity contribution < 1.29 is 112 Å². The molecule has 0 aliphatic carbocycles. The molecule has 386 valence electrons. The number of alkyl halides is 17. The zero-order valence-corrected chi connectivity index (χ0v) is 37.1. The van der Waals surface area contributed by atoms with Crippen molar-refractivity contribution in [3.05, 3.63) is 83.5 Å². The van der Waals surface area contributed by atoms with Crippen LogP contribution in [0, 0.1) is 17.6 Å². The van der Waals surface area contributed by atoms with Crippen LogP contribution in [0.5, 0.6) is 5.75 Å². The zero-order chi connectivity index (χ0) is 52.9. The molecule has 0 heterocycles. The number of allylic oxidation sites excluding steroid dienone is 2. The first kappa shape index (κ1) is 59.4. The lowest BCUT2D eigenvalue weighted by molar-refractivity contribution is -0.461. The van der Waals surface area contributed by atoms with E-state index >= 15 is 8.78 Å². The highest BCUT2D eigenvalue weighted by atomic mass is 28.4. The molecule has 68 heavy (non-hydrogen) atoms. The highest BCUT2D eigenvalue weighted by Gasteiger charge is 2.95. The minimum atomic E-state index is -8.73. The number of amides is 2. The second kappa shape index (κ2) is 21.5. The molecule has 8 nitrogen and oxygen atoms in total. The first-order valence-corrected chi connectivity index (χ1v) is 21.8. The van der Waals surface area contributed by atoms with Crippen molar-refractivity contribution in [1.82, 2.24) is 5.48 Å². The minimum Gasteiger partial charge on any atom is -0.491 e. The summed E-state index contributed by atoms with van der Waals surface area (Å²) in [6.45, 7) is 7.18. The molecule has 2 aromatic carbocycles. The van der Waals surface area contributed by atoms with E-state index in [-0.39, 0.29) is 11.3 Å². The Kier molecular flexibility index (Phi) is 18.8. The van der Waals surface area contributed by atoms with Crippen molar-refractivity contribution in [3.8, 4) is 5.75 Å². The molecule has 0 bridgehead atoms. The molecule has 28 heteroatoms. The van der Waals surface area contributed by atoms with Crippen molar-refractivity contribution in [2.75, 3.05) is 18.5 Å². The summed E-state index contributed by atoms with van der Waals surface area (Å²) < 4.78 is 281. The van der Waals surface area contributed by atoms with Gasteiger partial charge in [-0.25, -0.2) is 19.1 Å². The fourth-order valence-corrected chi connectivity index (χ4v) is 11.0. The maximum absolute atomic E-state index is 15.0. The van der Waals surface area contributed by atoms with Crippen LogP contribution in [0.4, 0.5) is 93.9 Å². The van der Waals surface area contributed by atoms with Crippen LogP contribution in [-0.2, 0) is 14.0 Å². The number of anilines is 1. The molecule has 0 saturated heterocycles. The molecule has 0 saturated carbocycles. The predicted molar refractivity (Wildman–Crippen MR) is 205 cm³/mol. The molecule has 2 rings (SSSR count). The maximum Gasteiger partial charge on any atom is 0.460 e. The van der Waals surface area contributed by atoms with Gasteiger partial charge in [0, 0.05) is 24.5 Å². The molecule has 2 amide bonds. The van der Waals surface area contributed by atoms with Crippen molar-refractivity contribution in [1.29, 1.82) is 0 Å². The van der Waals surface area contributed by atoms with Crippen molar-refractivity contribution in [2.45, 2.75) is 119 Å². The van der Waals surface area contributed by atoms with Crippen molar-refractivity contribution >= 4 is 26.0 Å². The van der Waals surface area contributed by atoms with Gasteiger partial charge in [-0.1, -0.05) is 64.5 Å². The number of ether oxygens (including phenoxy) is 2. The number of carbonyl (C=O) groups is 2. The molecule has 0 aliphatic heterocycles. The van der Waals surface area contributed by atoms with Gasteiger partial charge >= 0.3 is 53.7 Å². The quantitative estimate of drug-likeness (QED) is 0.0195. The molecule has 0 fully saturated rings. The third kappa shape index (κ3) is 12.0. The van der Waals surface area contributed by atoms with Crippen LogP contribution in [-0.4, -0.2) is 86.4 Å². The van der Waals surface area contributed by atoms with Crippen LogP contribution in [0.25, 0.3) is 0 Å². The van der Waals surface area contributed by atoms with Gasteiger partial charge in [-0.3, -0.25) is 15.3 Å². The fraction of sp³-hybridized carbons (Fsp3) is 0.550. The summed E-state index contributed by atoms with van der Waals surface area (Å²) in [6.07, 6.45) is -9.24. The van der Waals surface area contributed by atoms with Crippen LogP contribution in [0.1, 0.15) is 59.6 Å². The average Bonchev–Trinajstić information content (AvgIpc) is 3.22. The lowest BCUT2D eigenvalue weighted by Crippen LogP contribution is -2.74. The predicted octanol–water partition coefficient (Wildman–Crippen LogP) is 13.5. The van der Waals surface area contributed by atoms with Gasteiger partial charge in [0.15, 0.2) is 8.32 Å². The van der Waals surface area contributed by atoms with E-state index in [1.54, 1.807) is 13.8 Å². The molecule has 3 N–H and O–H groups in total. The second-order valence-electron chi connectivity index (χ2n) is 15.8. The summed E-state index contributed by atoms with van der Waals surface area (Å²) in [6, 6.07) is 6.23. The van der Waals surface area contributed by atoms with Gasteiger partial charge in [0.25, 0.3) is 5.91 Å². The third-order valence-corrected chi connectivity index (χ3v) is 16.5. The summed E-state index contributed by atoms with van der Waals surface area (Å²) in [5.41, 5.74) is -0.212. The molecule has 0 spiro atoms. The third-order valence-electron chi connectivity index (χ3n) is 10.8. The van der Waals surface area contributed by atoms with Gasteiger partial charge in [0.1, 0.15) is 30.1 Å². The Balaban J connectivity index is 2.34. The lowest BCUT2D eigenvalue weighted by atomic mass is 9.88. The molecule has 2 atom stereocenters. The largest absolute Gasteiger partial charge is 0.491 e. The monoisotopic (exact) mass is 1040 g/mol. The van der Waals surface area contributed by atoms with E-state index in [4.69, 9.17) is 19.1 Å². The molecule has 0 unspecified atom stereocenters. The Morgan fingerprint density at radius 2 is 1.21 bits per heavy atom. The first-order valence-electron chi connectivity index (χ1n) is 19.5. The smallest absolute Gasteiger partial charge is 0.460 e. The Labute approximate surface area is 375 Å². The number of hydrogen-bond acceptors (Lipinski definition) is 6. The number of halogens is 19. The van der Waals surface area contributed by atoms with Crippen molar-refractivity contribution in [2.24, 2.45) is 5.92 Å². The van der Waals surface area contributed by atoms with E-state index in [9.17, 15) is 84.2 Å². The number of benzene rings is 2. The number of rotatable bonds is 23. The van der Waals surface area contributed by atoms with Gasteiger partial charge < -0.3 is 13.9 Å². The van der Waals surface area contributed by atoms with E-state index in [1.807, 2.05) is 0 Å². The van der Waals surface area contributed by atoms with E-state index < -0.39 is 134 Å². The Bertz CT molecular complexity index is 2090. The number of nitrogens with one attached hydrogen (secondary N) is 2. The summed E-state index contributed by atoms with van der Waals surface area (Å²) >= 11 is 0. The summed E-state index contributed by atoms with van der Waals surface area (Å²) in [5, 5.41) is 10.8. The first-order chi connectivity index (χ1) is 30.7. The highest BCUT2D eigenvalue weighted by Crippen LogP contribution is 2.64. The standard InChI is InChI=1S/C40H43F19N2O6Si/c1-21(2)68(22(3)4,19-16-33(43,44)34(45,46)35(47,48)36(49,50)37(51,52)38(53,54)39(55,56)40(57,58)59)66-18-17-65-27-13-10-25(11-14-27)31(24(6)23(5)8-7-9-30(62)61-64)67-32(63)60-29-15-12-26(41)20-28(29)42/h7-15,20-22,24,31,64H,16-19H2,1-6H3,(H,60,63)(H,61,62)/b9-7+,23-8+/t24-,31-/m0/s1. The number of hydrogen-bond donors (Lipinski definition) is 3. The Hall–Kier alpha value is -4.73. The molecular formula is C40H43F19N2O6Si. The fourth-order valence-electron chi connectivity index (χ4n) is 6.52. The van der Waals surface area contributed by atoms with Gasteiger partial charge in [-0.05, 0) is 53.9 Å². The highest BCUT2D eigenvalue weighted by molar-refractivity contribution is 6.76. The minimum absolute atomic E-state index is 0.0258. The Morgan fingerprint density at radius 1 is 0.706 bits per heavy atom. The average molecular weight is 1040 g/mol. The van der Waals surface area contributed by atoms with Crippen LogP contribution >= 0.6 is 0 Å². The Morgan fingerprint density at radius 3 is 1.68 bits per heavy atom. The normalized spacial score (nSPS) is 15.2. The molecule has 0 radical (unpaired) electrons. The van der Waals surface area contributed by atoms with Gasteiger partial charge in [0.2, 0.25) is 0 Å².